The fourth-order valence-corrected chi connectivity index (χ4v) is 1.45. The Labute approximate surface area is 99.3 Å². The molecule has 0 radical (unpaired) electrons. The van der Waals surface area contributed by atoms with Crippen LogP contribution in [-0.2, 0) is 13.2 Å². The van der Waals surface area contributed by atoms with Gasteiger partial charge in [0, 0.05) is 12.6 Å². The Morgan fingerprint density at radius 3 is 2.53 bits per heavy atom. The normalized spacial score (nSPS) is 10.2. The third-order valence-corrected chi connectivity index (χ3v) is 2.38. The maximum Gasteiger partial charge on any atom is 0.148 e. The van der Waals surface area contributed by atoms with E-state index in [0.717, 1.165) is 16.8 Å². The third-order valence-electron chi connectivity index (χ3n) is 2.38. The summed E-state index contributed by atoms with van der Waals surface area (Å²) >= 11 is 0. The van der Waals surface area contributed by atoms with Crippen molar-refractivity contribution in [2.24, 2.45) is 0 Å². The zero-order chi connectivity index (χ0) is 12.1. The molecule has 17 heavy (non-hydrogen) atoms. The Morgan fingerprint density at radius 2 is 1.88 bits per heavy atom. The molecule has 1 aromatic carbocycles. The standard InChI is InChI=1S/C12H14N4O/c13-12-5-11(7-15-16-12)14-6-9-1-3-10(8-17)4-2-9/h1-5,7,17H,6,8H2,(H3,13,14,16). The molecular weight excluding hydrogens is 216 g/mol. The average Bonchev–Trinajstić information content (AvgIpc) is 2.37. The SMILES string of the molecule is Nc1cc(NCc2ccc(CO)cc2)cnn1. The molecular formula is C12H14N4O. The third kappa shape index (κ3) is 3.15. The van der Waals surface area contributed by atoms with Gasteiger partial charge in [0.05, 0.1) is 18.5 Å². The van der Waals surface area contributed by atoms with E-state index in [4.69, 9.17) is 10.8 Å². The first-order chi connectivity index (χ1) is 8.28. The monoisotopic (exact) mass is 230 g/mol. The van der Waals surface area contributed by atoms with Crippen LogP contribution in [0.3, 0.4) is 0 Å². The quantitative estimate of drug-likeness (QED) is 0.734. The summed E-state index contributed by atoms with van der Waals surface area (Å²) in [6.45, 7) is 0.745. The van der Waals surface area contributed by atoms with Crippen LogP contribution >= 0.6 is 0 Å². The van der Waals surface area contributed by atoms with Gasteiger partial charge in [0.25, 0.3) is 0 Å². The summed E-state index contributed by atoms with van der Waals surface area (Å²) < 4.78 is 0. The maximum atomic E-state index is 8.92. The van der Waals surface area contributed by atoms with Crippen LogP contribution in [0.25, 0.3) is 0 Å². The average molecular weight is 230 g/mol. The molecule has 4 N–H and O–H groups in total. The summed E-state index contributed by atoms with van der Waals surface area (Å²) in [7, 11) is 0. The fourth-order valence-electron chi connectivity index (χ4n) is 1.45. The Morgan fingerprint density at radius 1 is 1.18 bits per heavy atom. The molecule has 2 aromatic rings. The van der Waals surface area contributed by atoms with Gasteiger partial charge in [-0.3, -0.25) is 0 Å². The van der Waals surface area contributed by atoms with Crippen molar-refractivity contribution in [1.29, 1.82) is 0 Å². The van der Waals surface area contributed by atoms with Crippen LogP contribution in [0.4, 0.5) is 11.5 Å². The van der Waals surface area contributed by atoms with Crippen LogP contribution in [0.5, 0.6) is 0 Å². The lowest BCUT2D eigenvalue weighted by molar-refractivity contribution is 0.282. The molecule has 0 bridgehead atoms. The summed E-state index contributed by atoms with van der Waals surface area (Å²) in [5, 5.41) is 19.5. The van der Waals surface area contributed by atoms with Crippen LogP contribution < -0.4 is 11.1 Å². The molecule has 5 nitrogen and oxygen atoms in total. The van der Waals surface area contributed by atoms with Crippen molar-refractivity contribution in [2.75, 3.05) is 11.1 Å². The number of aliphatic hydroxyl groups is 1. The van der Waals surface area contributed by atoms with E-state index in [2.05, 4.69) is 15.5 Å². The second kappa shape index (κ2) is 5.27. The number of rotatable bonds is 4. The molecule has 0 atom stereocenters. The first-order valence-corrected chi connectivity index (χ1v) is 5.28. The maximum absolute atomic E-state index is 8.92. The van der Waals surface area contributed by atoms with Crippen LogP contribution in [0, 0.1) is 0 Å². The van der Waals surface area contributed by atoms with Crippen molar-refractivity contribution < 1.29 is 5.11 Å². The number of nitrogen functional groups attached to an aromatic ring is 1. The molecule has 0 aliphatic heterocycles. The summed E-state index contributed by atoms with van der Waals surface area (Å²) in [6.07, 6.45) is 1.62. The Bertz CT molecular complexity index is 484. The summed E-state index contributed by atoms with van der Waals surface area (Å²) in [4.78, 5) is 0. The second-order valence-electron chi connectivity index (χ2n) is 3.70. The van der Waals surface area contributed by atoms with Gasteiger partial charge in [-0.25, -0.2) is 0 Å². The number of hydrogen-bond acceptors (Lipinski definition) is 5. The summed E-state index contributed by atoms with van der Waals surface area (Å²) in [6, 6.07) is 9.47. The number of anilines is 2. The fraction of sp³-hybridized carbons (Fsp3) is 0.167. The second-order valence-corrected chi connectivity index (χ2v) is 3.70. The van der Waals surface area contributed by atoms with Gasteiger partial charge in [0.15, 0.2) is 0 Å². The molecule has 1 aromatic heterocycles. The van der Waals surface area contributed by atoms with Gasteiger partial charge in [0.1, 0.15) is 5.82 Å². The van der Waals surface area contributed by atoms with Crippen molar-refractivity contribution >= 4 is 11.5 Å². The number of nitrogens with two attached hydrogens (primary N) is 1. The summed E-state index contributed by atoms with van der Waals surface area (Å²) in [5.41, 5.74) is 8.39. The molecule has 0 unspecified atom stereocenters. The lowest BCUT2D eigenvalue weighted by Crippen LogP contribution is -2.02. The molecule has 0 saturated carbocycles. The topological polar surface area (TPSA) is 84.1 Å². The first-order valence-electron chi connectivity index (χ1n) is 5.28. The Hall–Kier alpha value is -2.14. The van der Waals surface area contributed by atoms with E-state index in [0.29, 0.717) is 12.4 Å². The molecule has 0 aliphatic rings. The van der Waals surface area contributed by atoms with Crippen molar-refractivity contribution in [1.82, 2.24) is 10.2 Å². The molecule has 0 amide bonds. The molecule has 1 heterocycles. The molecule has 0 fully saturated rings. The number of benzene rings is 1. The first kappa shape index (κ1) is 11.3. The van der Waals surface area contributed by atoms with E-state index in [1.54, 1.807) is 12.3 Å². The van der Waals surface area contributed by atoms with Gasteiger partial charge >= 0.3 is 0 Å². The summed E-state index contributed by atoms with van der Waals surface area (Å²) in [5.74, 6) is 0.394. The van der Waals surface area contributed by atoms with Crippen molar-refractivity contribution in [3.8, 4) is 0 Å². The number of hydrogen-bond donors (Lipinski definition) is 3. The number of nitrogens with zero attached hydrogens (tertiary/aromatic N) is 2. The lowest BCUT2D eigenvalue weighted by atomic mass is 10.1. The van der Waals surface area contributed by atoms with Gasteiger partial charge in [-0.1, -0.05) is 24.3 Å². The van der Waals surface area contributed by atoms with Gasteiger partial charge in [-0.15, -0.1) is 5.10 Å². The van der Waals surface area contributed by atoms with Gasteiger partial charge in [-0.2, -0.15) is 5.10 Å². The largest absolute Gasteiger partial charge is 0.392 e. The highest BCUT2D eigenvalue weighted by molar-refractivity contribution is 5.47. The Balaban J connectivity index is 1.97. The molecule has 2 rings (SSSR count). The van der Waals surface area contributed by atoms with Crippen molar-refractivity contribution in [3.63, 3.8) is 0 Å². The zero-order valence-corrected chi connectivity index (χ0v) is 9.30. The minimum Gasteiger partial charge on any atom is -0.392 e. The van der Waals surface area contributed by atoms with Crippen LogP contribution in [0.1, 0.15) is 11.1 Å². The highest BCUT2D eigenvalue weighted by Crippen LogP contribution is 2.10. The number of aliphatic hydroxyl groups excluding tert-OH is 1. The van der Waals surface area contributed by atoms with Crippen LogP contribution in [0.15, 0.2) is 36.5 Å². The van der Waals surface area contributed by atoms with E-state index in [1.807, 2.05) is 24.3 Å². The molecule has 0 spiro atoms. The van der Waals surface area contributed by atoms with Gasteiger partial charge in [-0.05, 0) is 11.1 Å². The van der Waals surface area contributed by atoms with E-state index >= 15 is 0 Å². The van der Waals surface area contributed by atoms with E-state index in [1.165, 1.54) is 0 Å². The van der Waals surface area contributed by atoms with Crippen molar-refractivity contribution in [2.45, 2.75) is 13.2 Å². The highest BCUT2D eigenvalue weighted by atomic mass is 16.3. The van der Waals surface area contributed by atoms with Crippen LogP contribution in [-0.4, -0.2) is 15.3 Å². The van der Waals surface area contributed by atoms with Crippen molar-refractivity contribution in [3.05, 3.63) is 47.7 Å². The van der Waals surface area contributed by atoms with E-state index in [-0.39, 0.29) is 6.61 Å². The van der Waals surface area contributed by atoms with Crippen LogP contribution in [0.2, 0.25) is 0 Å². The minimum absolute atomic E-state index is 0.0680. The smallest absolute Gasteiger partial charge is 0.148 e. The number of aromatic nitrogens is 2. The molecule has 5 heteroatoms. The van der Waals surface area contributed by atoms with Gasteiger partial charge < -0.3 is 16.2 Å². The Kier molecular flexibility index (Phi) is 3.52. The minimum atomic E-state index is 0.0680. The lowest BCUT2D eigenvalue weighted by Gasteiger charge is -2.06. The predicted molar refractivity (Wildman–Crippen MR) is 66.1 cm³/mol. The molecule has 88 valence electrons. The van der Waals surface area contributed by atoms with E-state index < -0.39 is 0 Å². The van der Waals surface area contributed by atoms with E-state index in [9.17, 15) is 0 Å². The predicted octanol–water partition coefficient (Wildman–Crippen LogP) is 1.16. The molecule has 0 aliphatic carbocycles. The zero-order valence-electron chi connectivity index (χ0n) is 9.30. The molecule has 0 saturated heterocycles. The highest BCUT2D eigenvalue weighted by Gasteiger charge is 1.96. The number of nitrogens with one attached hydrogen (secondary N) is 1. The van der Waals surface area contributed by atoms with Gasteiger partial charge in [0.2, 0.25) is 0 Å².